The summed E-state index contributed by atoms with van der Waals surface area (Å²) in [4.78, 5) is 11.5. The average molecular weight is 289 g/mol. The zero-order valence-electron chi connectivity index (χ0n) is 12.4. The number of carboxylic acids is 1. The lowest BCUT2D eigenvalue weighted by Crippen LogP contribution is -2.25. The third-order valence-electron chi connectivity index (χ3n) is 3.25. The Labute approximate surface area is 123 Å². The highest BCUT2D eigenvalue weighted by Gasteiger charge is 2.19. The molecule has 0 aliphatic carbocycles. The Bertz CT molecular complexity index is 662. The van der Waals surface area contributed by atoms with Gasteiger partial charge in [0.15, 0.2) is 0 Å². The summed E-state index contributed by atoms with van der Waals surface area (Å²) in [5, 5.41) is 15.8. The molecular weight excluding hydrogens is 271 g/mol. The summed E-state index contributed by atoms with van der Waals surface area (Å²) in [6.07, 6.45) is 1.02. The van der Waals surface area contributed by atoms with Gasteiger partial charge in [0.1, 0.15) is 5.82 Å². The van der Waals surface area contributed by atoms with Crippen molar-refractivity contribution in [3.63, 3.8) is 0 Å². The van der Waals surface area contributed by atoms with Gasteiger partial charge in [0.05, 0.1) is 23.0 Å². The van der Waals surface area contributed by atoms with Crippen molar-refractivity contribution in [1.29, 1.82) is 0 Å². The van der Waals surface area contributed by atoms with Crippen molar-refractivity contribution < 1.29 is 14.3 Å². The van der Waals surface area contributed by atoms with E-state index in [9.17, 15) is 14.3 Å². The van der Waals surface area contributed by atoms with Crippen LogP contribution in [0.15, 0.2) is 24.3 Å². The first kappa shape index (κ1) is 15.2. The molecule has 0 spiro atoms. The van der Waals surface area contributed by atoms with Crippen LogP contribution in [0.2, 0.25) is 0 Å². The monoisotopic (exact) mass is 289 g/mol. The fraction of sp³-hybridized carbons (Fsp3) is 0.375. The fourth-order valence-corrected chi connectivity index (χ4v) is 2.42. The molecule has 0 saturated carbocycles. The number of nitrogens with zero attached hydrogens (tertiary/aromatic N) is 2. The largest absolute Gasteiger partial charge is 0.545 e. The molecule has 1 heterocycles. The van der Waals surface area contributed by atoms with Gasteiger partial charge in [-0.1, -0.05) is 26.8 Å². The number of aromatic carboxylic acids is 1. The van der Waals surface area contributed by atoms with Gasteiger partial charge in [0.25, 0.3) is 0 Å². The van der Waals surface area contributed by atoms with Gasteiger partial charge in [-0.05, 0) is 37.0 Å². The lowest BCUT2D eigenvalue weighted by Gasteiger charge is -2.09. The summed E-state index contributed by atoms with van der Waals surface area (Å²) >= 11 is 0. The summed E-state index contributed by atoms with van der Waals surface area (Å²) in [6, 6.07) is 5.96. The predicted molar refractivity (Wildman–Crippen MR) is 75.8 cm³/mol. The Morgan fingerprint density at radius 3 is 2.67 bits per heavy atom. The summed E-state index contributed by atoms with van der Waals surface area (Å²) in [5.41, 5.74) is 1.68. The van der Waals surface area contributed by atoms with Crippen LogP contribution in [0, 0.1) is 11.7 Å². The highest BCUT2D eigenvalue weighted by Crippen LogP contribution is 2.22. The van der Waals surface area contributed by atoms with Crippen LogP contribution in [-0.4, -0.2) is 15.7 Å². The van der Waals surface area contributed by atoms with E-state index in [0.717, 1.165) is 0 Å². The van der Waals surface area contributed by atoms with Gasteiger partial charge in [0, 0.05) is 5.56 Å². The molecule has 21 heavy (non-hydrogen) atoms. The second kappa shape index (κ2) is 6.08. The van der Waals surface area contributed by atoms with E-state index in [-0.39, 0.29) is 17.3 Å². The summed E-state index contributed by atoms with van der Waals surface area (Å²) in [5.74, 6) is -1.35. The quantitative estimate of drug-likeness (QED) is 0.847. The lowest BCUT2D eigenvalue weighted by atomic mass is 10.0. The number of halogens is 1. The Balaban J connectivity index is 2.63. The molecule has 4 nitrogen and oxygen atoms in total. The van der Waals surface area contributed by atoms with Gasteiger partial charge in [-0.3, -0.25) is 0 Å². The lowest BCUT2D eigenvalue weighted by molar-refractivity contribution is -0.255. The molecule has 0 saturated heterocycles. The SMILES string of the molecule is CCc1c(C(=O)[O-])c(CC(C)C)nn1-c1cccc(F)c1. The number of carboxylic acid groups (broad SMARTS) is 1. The molecular formula is C16H18FN2O2-. The van der Waals surface area contributed by atoms with Gasteiger partial charge in [0.2, 0.25) is 0 Å². The van der Waals surface area contributed by atoms with Crippen LogP contribution in [0.25, 0.3) is 5.69 Å². The predicted octanol–water partition coefficient (Wildman–Crippen LogP) is 2.14. The maximum Gasteiger partial charge on any atom is 0.125 e. The van der Waals surface area contributed by atoms with E-state index in [1.165, 1.54) is 16.8 Å². The van der Waals surface area contributed by atoms with Crippen LogP contribution in [-0.2, 0) is 12.8 Å². The van der Waals surface area contributed by atoms with Crippen LogP contribution >= 0.6 is 0 Å². The molecule has 0 bridgehead atoms. The minimum absolute atomic E-state index is 0.135. The van der Waals surface area contributed by atoms with E-state index in [0.29, 0.717) is 29.9 Å². The van der Waals surface area contributed by atoms with Crippen LogP contribution < -0.4 is 5.11 Å². The van der Waals surface area contributed by atoms with E-state index >= 15 is 0 Å². The minimum atomic E-state index is -1.23. The van der Waals surface area contributed by atoms with Gasteiger partial charge in [-0.15, -0.1) is 0 Å². The van der Waals surface area contributed by atoms with E-state index in [2.05, 4.69) is 5.10 Å². The Morgan fingerprint density at radius 2 is 2.14 bits per heavy atom. The normalized spacial score (nSPS) is 11.1. The maximum atomic E-state index is 13.4. The molecule has 0 amide bonds. The first-order valence-electron chi connectivity index (χ1n) is 7.02. The third kappa shape index (κ3) is 3.12. The number of carbonyl (C=O) groups excluding carboxylic acids is 1. The van der Waals surface area contributed by atoms with E-state index in [4.69, 9.17) is 0 Å². The minimum Gasteiger partial charge on any atom is -0.545 e. The second-order valence-electron chi connectivity index (χ2n) is 5.40. The molecule has 2 aromatic rings. The van der Waals surface area contributed by atoms with Gasteiger partial charge >= 0.3 is 0 Å². The van der Waals surface area contributed by atoms with Crippen molar-refractivity contribution in [1.82, 2.24) is 9.78 Å². The molecule has 0 radical (unpaired) electrons. The number of hydrogen-bond acceptors (Lipinski definition) is 3. The Hall–Kier alpha value is -2.17. The summed E-state index contributed by atoms with van der Waals surface area (Å²) in [7, 11) is 0. The molecule has 5 heteroatoms. The Morgan fingerprint density at radius 1 is 1.43 bits per heavy atom. The van der Waals surface area contributed by atoms with Crippen molar-refractivity contribution >= 4 is 5.97 Å². The molecule has 1 aromatic carbocycles. The molecule has 0 aliphatic heterocycles. The molecule has 0 aliphatic rings. The van der Waals surface area contributed by atoms with Crippen molar-refractivity contribution in [3.05, 3.63) is 47.0 Å². The van der Waals surface area contributed by atoms with Crippen LogP contribution in [0.4, 0.5) is 4.39 Å². The summed E-state index contributed by atoms with van der Waals surface area (Å²) in [6.45, 7) is 5.83. The van der Waals surface area contributed by atoms with Crippen molar-refractivity contribution in [2.45, 2.75) is 33.6 Å². The van der Waals surface area contributed by atoms with Crippen LogP contribution in [0.5, 0.6) is 0 Å². The first-order valence-corrected chi connectivity index (χ1v) is 7.02. The standard InChI is InChI=1S/C16H19FN2O2/c1-4-14-15(16(20)21)13(8-10(2)3)18-19(14)12-7-5-6-11(17)9-12/h5-7,9-10H,4,8H2,1-3H3,(H,20,21)/p-1. The van der Waals surface area contributed by atoms with Gasteiger partial charge in [-0.25, -0.2) is 9.07 Å². The second-order valence-corrected chi connectivity index (χ2v) is 5.40. The first-order chi connectivity index (χ1) is 9.93. The smallest absolute Gasteiger partial charge is 0.125 e. The Kier molecular flexibility index (Phi) is 4.40. The zero-order valence-corrected chi connectivity index (χ0v) is 12.4. The van der Waals surface area contributed by atoms with Gasteiger partial charge < -0.3 is 9.90 Å². The zero-order chi connectivity index (χ0) is 15.6. The van der Waals surface area contributed by atoms with Crippen molar-refractivity contribution in [3.8, 4) is 5.69 Å². The van der Waals surface area contributed by atoms with E-state index in [1.54, 1.807) is 12.1 Å². The maximum absolute atomic E-state index is 13.4. The molecule has 0 fully saturated rings. The molecule has 0 N–H and O–H groups in total. The van der Waals surface area contributed by atoms with E-state index in [1.807, 2.05) is 20.8 Å². The topological polar surface area (TPSA) is 57.9 Å². The number of carbonyl (C=O) groups is 1. The van der Waals surface area contributed by atoms with Crippen molar-refractivity contribution in [2.75, 3.05) is 0 Å². The van der Waals surface area contributed by atoms with Gasteiger partial charge in [-0.2, -0.15) is 5.10 Å². The molecule has 0 unspecified atom stereocenters. The highest BCUT2D eigenvalue weighted by atomic mass is 19.1. The number of rotatable bonds is 5. The molecule has 2 rings (SSSR count). The molecule has 0 atom stereocenters. The molecule has 1 aromatic heterocycles. The summed E-state index contributed by atoms with van der Waals surface area (Å²) < 4.78 is 14.9. The van der Waals surface area contributed by atoms with Crippen molar-refractivity contribution in [2.24, 2.45) is 5.92 Å². The fourth-order valence-electron chi connectivity index (χ4n) is 2.42. The number of aromatic nitrogens is 2. The van der Waals surface area contributed by atoms with Crippen LogP contribution in [0.3, 0.4) is 0 Å². The van der Waals surface area contributed by atoms with E-state index < -0.39 is 5.97 Å². The van der Waals surface area contributed by atoms with Crippen LogP contribution in [0.1, 0.15) is 42.5 Å². The molecule has 112 valence electrons. The number of benzene rings is 1. The average Bonchev–Trinajstić information content (AvgIpc) is 2.76. The number of hydrogen-bond donors (Lipinski definition) is 0. The third-order valence-corrected chi connectivity index (χ3v) is 3.25. The highest BCUT2D eigenvalue weighted by molar-refractivity contribution is 5.89.